The van der Waals surface area contributed by atoms with Crippen LogP contribution in [-0.4, -0.2) is 48.9 Å². The highest BCUT2D eigenvalue weighted by Crippen LogP contribution is 2.20. The number of nitrogens with zero attached hydrogens (tertiary/aromatic N) is 1. The molecule has 0 saturated carbocycles. The zero-order chi connectivity index (χ0) is 12.3. The van der Waals surface area contributed by atoms with E-state index in [1.54, 1.807) is 12.0 Å². The molecule has 16 heavy (non-hydrogen) atoms. The number of likely N-dealkylation sites (tertiary alicyclic amines) is 1. The fraction of sp³-hybridized carbons (Fsp3) is 0.909. The van der Waals surface area contributed by atoms with Crippen LogP contribution in [0.1, 0.15) is 27.2 Å². The van der Waals surface area contributed by atoms with Gasteiger partial charge in [0.1, 0.15) is 5.60 Å². The zero-order valence-electron chi connectivity index (χ0n) is 10.5. The van der Waals surface area contributed by atoms with Crippen LogP contribution < -0.4 is 5.73 Å². The maximum absolute atomic E-state index is 11.9. The van der Waals surface area contributed by atoms with Crippen LogP contribution in [-0.2, 0) is 9.47 Å². The van der Waals surface area contributed by atoms with Crippen molar-refractivity contribution in [3.63, 3.8) is 0 Å². The first-order chi connectivity index (χ1) is 7.33. The summed E-state index contributed by atoms with van der Waals surface area (Å²) in [7, 11) is 1.62. The Hall–Kier alpha value is -0.810. The third-order valence-corrected chi connectivity index (χ3v) is 2.43. The Labute approximate surface area is 96.9 Å². The summed E-state index contributed by atoms with van der Waals surface area (Å²) in [5.41, 5.74) is 5.37. The molecule has 1 fully saturated rings. The van der Waals surface area contributed by atoms with Crippen molar-refractivity contribution < 1.29 is 14.3 Å². The van der Waals surface area contributed by atoms with Gasteiger partial charge in [-0.05, 0) is 27.2 Å². The molecule has 0 aliphatic carbocycles. The van der Waals surface area contributed by atoms with E-state index in [1.165, 1.54) is 0 Å². The molecule has 2 atom stereocenters. The molecule has 5 heteroatoms. The lowest BCUT2D eigenvalue weighted by atomic mass is 10.2. The number of rotatable bonds is 2. The fourth-order valence-corrected chi connectivity index (χ4v) is 1.85. The van der Waals surface area contributed by atoms with E-state index in [-0.39, 0.29) is 18.2 Å². The van der Waals surface area contributed by atoms with Gasteiger partial charge >= 0.3 is 6.09 Å². The average molecular weight is 230 g/mol. The Kier molecular flexibility index (Phi) is 4.15. The molecule has 2 N–H and O–H groups in total. The normalized spacial score (nSPS) is 25.9. The molecule has 1 rings (SSSR count). The number of methoxy groups -OCH3 is 1. The van der Waals surface area contributed by atoms with Gasteiger partial charge in [0.25, 0.3) is 0 Å². The van der Waals surface area contributed by atoms with Gasteiger partial charge in [-0.25, -0.2) is 4.79 Å². The number of carbonyl (C=O) groups is 1. The monoisotopic (exact) mass is 230 g/mol. The van der Waals surface area contributed by atoms with E-state index in [2.05, 4.69) is 0 Å². The van der Waals surface area contributed by atoms with Crippen molar-refractivity contribution in [3.05, 3.63) is 0 Å². The lowest BCUT2D eigenvalue weighted by Crippen LogP contribution is -2.42. The van der Waals surface area contributed by atoms with E-state index in [0.717, 1.165) is 6.42 Å². The van der Waals surface area contributed by atoms with Crippen LogP contribution in [0.4, 0.5) is 4.79 Å². The van der Waals surface area contributed by atoms with Gasteiger partial charge in [0.05, 0.1) is 12.6 Å². The first-order valence-corrected chi connectivity index (χ1v) is 5.57. The Morgan fingerprint density at radius 1 is 1.50 bits per heavy atom. The highest BCUT2D eigenvalue weighted by molar-refractivity contribution is 5.69. The second-order valence-electron chi connectivity index (χ2n) is 5.24. The van der Waals surface area contributed by atoms with Crippen LogP contribution in [0.2, 0.25) is 0 Å². The third-order valence-electron chi connectivity index (χ3n) is 2.43. The summed E-state index contributed by atoms with van der Waals surface area (Å²) in [5.74, 6) is 0. The second-order valence-corrected chi connectivity index (χ2v) is 5.24. The fourth-order valence-electron chi connectivity index (χ4n) is 1.85. The number of carbonyl (C=O) groups excluding carboxylic acids is 1. The minimum atomic E-state index is -0.471. The van der Waals surface area contributed by atoms with Crippen LogP contribution in [0, 0.1) is 0 Å². The van der Waals surface area contributed by atoms with Gasteiger partial charge in [-0.1, -0.05) is 0 Å². The van der Waals surface area contributed by atoms with Crippen molar-refractivity contribution >= 4 is 6.09 Å². The molecule has 0 bridgehead atoms. The molecule has 0 aromatic carbocycles. The summed E-state index contributed by atoms with van der Waals surface area (Å²) < 4.78 is 10.4. The third kappa shape index (κ3) is 3.64. The molecule has 0 aromatic rings. The van der Waals surface area contributed by atoms with Gasteiger partial charge in [-0.15, -0.1) is 0 Å². The molecule has 94 valence electrons. The Bertz CT molecular complexity index is 250. The first kappa shape index (κ1) is 13.3. The number of nitrogens with two attached hydrogens (primary N) is 1. The summed E-state index contributed by atoms with van der Waals surface area (Å²) in [4.78, 5) is 13.6. The summed E-state index contributed by atoms with van der Waals surface area (Å²) in [6.07, 6.45) is 0.468. The van der Waals surface area contributed by atoms with E-state index in [4.69, 9.17) is 15.2 Å². The van der Waals surface area contributed by atoms with E-state index in [9.17, 15) is 4.79 Å². The number of hydrogen-bond donors (Lipinski definition) is 1. The first-order valence-electron chi connectivity index (χ1n) is 5.57. The summed E-state index contributed by atoms with van der Waals surface area (Å²) in [6.45, 7) is 6.61. The predicted molar refractivity (Wildman–Crippen MR) is 61.2 cm³/mol. The molecule has 0 spiro atoms. The molecule has 1 saturated heterocycles. The van der Waals surface area contributed by atoms with Crippen LogP contribution in [0.25, 0.3) is 0 Å². The lowest BCUT2D eigenvalue weighted by Gasteiger charge is -2.28. The SMILES string of the molecule is COC[C@@H]1C[C@@H](N)CN1C(=O)OC(C)(C)C. The van der Waals surface area contributed by atoms with Gasteiger partial charge in [0.2, 0.25) is 0 Å². The molecule has 0 unspecified atom stereocenters. The molecule has 5 nitrogen and oxygen atoms in total. The van der Waals surface area contributed by atoms with Crippen LogP contribution in [0.3, 0.4) is 0 Å². The van der Waals surface area contributed by atoms with Crippen LogP contribution in [0.15, 0.2) is 0 Å². The molecular formula is C11H22N2O3. The second kappa shape index (κ2) is 5.01. The molecule has 1 heterocycles. The van der Waals surface area contributed by atoms with E-state index >= 15 is 0 Å². The summed E-state index contributed by atoms with van der Waals surface area (Å²) in [6, 6.07) is 0.0579. The van der Waals surface area contributed by atoms with Gasteiger partial charge < -0.3 is 20.1 Å². The largest absolute Gasteiger partial charge is 0.444 e. The van der Waals surface area contributed by atoms with Crippen molar-refractivity contribution in [2.24, 2.45) is 5.73 Å². The van der Waals surface area contributed by atoms with Crippen molar-refractivity contribution in [2.75, 3.05) is 20.3 Å². The van der Waals surface area contributed by atoms with Crippen LogP contribution >= 0.6 is 0 Å². The highest BCUT2D eigenvalue weighted by atomic mass is 16.6. The van der Waals surface area contributed by atoms with E-state index in [0.29, 0.717) is 13.2 Å². The molecule has 1 amide bonds. The van der Waals surface area contributed by atoms with Gasteiger partial charge in [0.15, 0.2) is 0 Å². The van der Waals surface area contributed by atoms with Gasteiger partial charge in [-0.2, -0.15) is 0 Å². The number of hydrogen-bond acceptors (Lipinski definition) is 4. The highest BCUT2D eigenvalue weighted by Gasteiger charge is 2.35. The Morgan fingerprint density at radius 3 is 2.62 bits per heavy atom. The molecule has 0 aromatic heterocycles. The topological polar surface area (TPSA) is 64.8 Å². The lowest BCUT2D eigenvalue weighted by molar-refractivity contribution is 0.0147. The maximum atomic E-state index is 11.9. The molecule has 1 aliphatic rings. The van der Waals surface area contributed by atoms with Crippen molar-refractivity contribution in [1.29, 1.82) is 0 Å². The Balaban J connectivity index is 2.59. The summed E-state index contributed by atoms with van der Waals surface area (Å²) in [5, 5.41) is 0. The zero-order valence-corrected chi connectivity index (χ0v) is 10.5. The Morgan fingerprint density at radius 2 is 2.12 bits per heavy atom. The maximum Gasteiger partial charge on any atom is 0.410 e. The van der Waals surface area contributed by atoms with Gasteiger partial charge in [-0.3, -0.25) is 0 Å². The molecule has 1 aliphatic heterocycles. The van der Waals surface area contributed by atoms with Crippen molar-refractivity contribution in [1.82, 2.24) is 4.90 Å². The average Bonchev–Trinajstić information content (AvgIpc) is 2.44. The molecular weight excluding hydrogens is 208 g/mol. The molecule has 0 radical (unpaired) electrons. The smallest absolute Gasteiger partial charge is 0.410 e. The minimum Gasteiger partial charge on any atom is -0.444 e. The van der Waals surface area contributed by atoms with E-state index in [1.807, 2.05) is 20.8 Å². The number of ether oxygens (including phenoxy) is 2. The standard InChI is InChI=1S/C11H22N2O3/c1-11(2,3)16-10(14)13-6-8(12)5-9(13)7-15-4/h8-9H,5-7,12H2,1-4H3/t8-,9+/m1/s1. The summed E-state index contributed by atoms with van der Waals surface area (Å²) >= 11 is 0. The van der Waals surface area contributed by atoms with Gasteiger partial charge in [0, 0.05) is 19.7 Å². The van der Waals surface area contributed by atoms with Crippen LogP contribution in [0.5, 0.6) is 0 Å². The van der Waals surface area contributed by atoms with E-state index < -0.39 is 5.60 Å². The van der Waals surface area contributed by atoms with Crippen molar-refractivity contribution in [3.8, 4) is 0 Å². The predicted octanol–water partition coefficient (Wildman–Crippen LogP) is 0.969. The van der Waals surface area contributed by atoms with Crippen molar-refractivity contribution in [2.45, 2.75) is 44.9 Å². The number of amides is 1. The minimum absolute atomic E-state index is 0.0210. The quantitative estimate of drug-likeness (QED) is 0.767.